The number of hydrogen-bond donors (Lipinski definition) is 0. The Labute approximate surface area is 150 Å². The van der Waals surface area contributed by atoms with Crippen molar-refractivity contribution in [3.8, 4) is 0 Å². The van der Waals surface area contributed by atoms with E-state index in [0.717, 1.165) is 25.0 Å². The van der Waals surface area contributed by atoms with E-state index in [-0.39, 0.29) is 12.2 Å². The SMILES string of the molecule is COC(OOCc1ccccc1)C(C)CCCOCc1ccccc1. The third-order valence-corrected chi connectivity index (χ3v) is 3.99. The lowest BCUT2D eigenvalue weighted by atomic mass is 10.1. The smallest absolute Gasteiger partial charge is 0.193 e. The summed E-state index contributed by atoms with van der Waals surface area (Å²) in [5.41, 5.74) is 2.27. The first-order valence-electron chi connectivity index (χ1n) is 8.76. The number of benzene rings is 2. The van der Waals surface area contributed by atoms with Crippen LogP contribution in [0.25, 0.3) is 0 Å². The molecule has 0 saturated carbocycles. The number of ether oxygens (including phenoxy) is 2. The molecule has 0 amide bonds. The highest BCUT2D eigenvalue weighted by atomic mass is 17.2. The van der Waals surface area contributed by atoms with E-state index in [2.05, 4.69) is 19.1 Å². The predicted octanol–water partition coefficient (Wildman–Crippen LogP) is 4.74. The normalized spacial score (nSPS) is 13.5. The molecule has 2 aromatic rings. The first-order valence-corrected chi connectivity index (χ1v) is 8.76. The average Bonchev–Trinajstić information content (AvgIpc) is 2.66. The number of methoxy groups -OCH3 is 1. The van der Waals surface area contributed by atoms with Gasteiger partial charge in [-0.2, -0.15) is 0 Å². The Hall–Kier alpha value is -1.72. The Morgan fingerprint density at radius 1 is 0.840 bits per heavy atom. The summed E-state index contributed by atoms with van der Waals surface area (Å²) < 4.78 is 11.1. The molecule has 2 aromatic carbocycles. The second kappa shape index (κ2) is 11.8. The molecule has 4 nitrogen and oxygen atoms in total. The van der Waals surface area contributed by atoms with Crippen molar-refractivity contribution in [2.24, 2.45) is 5.92 Å². The highest BCUT2D eigenvalue weighted by Crippen LogP contribution is 2.16. The molecule has 0 fully saturated rings. The van der Waals surface area contributed by atoms with Crippen LogP contribution >= 0.6 is 0 Å². The van der Waals surface area contributed by atoms with Gasteiger partial charge in [0.15, 0.2) is 6.29 Å². The predicted molar refractivity (Wildman–Crippen MR) is 97.6 cm³/mol. The molecule has 4 heteroatoms. The first kappa shape index (κ1) is 19.6. The van der Waals surface area contributed by atoms with Gasteiger partial charge in [-0.05, 0) is 24.0 Å². The molecule has 0 aliphatic carbocycles. The summed E-state index contributed by atoms with van der Waals surface area (Å²) in [4.78, 5) is 10.7. The minimum absolute atomic E-state index is 0.223. The Bertz CT molecular complexity index is 559. The van der Waals surface area contributed by atoms with E-state index in [0.29, 0.717) is 13.2 Å². The molecule has 0 aliphatic rings. The summed E-state index contributed by atoms with van der Waals surface area (Å²) in [5, 5.41) is 0. The second-order valence-electron chi connectivity index (χ2n) is 6.11. The molecule has 2 atom stereocenters. The van der Waals surface area contributed by atoms with Crippen molar-refractivity contribution >= 4 is 0 Å². The van der Waals surface area contributed by atoms with Crippen LogP contribution in [0, 0.1) is 5.92 Å². The van der Waals surface area contributed by atoms with Gasteiger partial charge >= 0.3 is 0 Å². The largest absolute Gasteiger partial charge is 0.377 e. The van der Waals surface area contributed by atoms with Gasteiger partial charge in [-0.1, -0.05) is 67.6 Å². The molecule has 2 rings (SSSR count). The summed E-state index contributed by atoms with van der Waals surface area (Å²) in [6.07, 6.45) is 1.52. The Kier molecular flexibility index (Phi) is 9.23. The van der Waals surface area contributed by atoms with Crippen molar-refractivity contribution in [1.82, 2.24) is 0 Å². The van der Waals surface area contributed by atoms with Crippen molar-refractivity contribution in [2.75, 3.05) is 13.7 Å². The molecule has 25 heavy (non-hydrogen) atoms. The van der Waals surface area contributed by atoms with E-state index in [1.165, 1.54) is 5.56 Å². The maximum absolute atomic E-state index is 5.71. The molecule has 0 heterocycles. The molecule has 136 valence electrons. The molecular formula is C21H28O4. The molecule has 0 radical (unpaired) electrons. The standard InChI is InChI=1S/C21H28O4/c1-18(10-9-15-23-16-19-11-5-3-6-12-19)21(22-2)25-24-17-20-13-7-4-8-14-20/h3-8,11-14,18,21H,9-10,15-17H2,1-2H3. The molecule has 0 aliphatic heterocycles. The van der Waals surface area contributed by atoms with Crippen molar-refractivity contribution in [3.05, 3.63) is 71.8 Å². The van der Waals surface area contributed by atoms with Crippen LogP contribution in [0.15, 0.2) is 60.7 Å². The third-order valence-electron chi connectivity index (χ3n) is 3.99. The van der Waals surface area contributed by atoms with Gasteiger partial charge in [0.25, 0.3) is 0 Å². The van der Waals surface area contributed by atoms with Crippen molar-refractivity contribution in [2.45, 2.75) is 39.3 Å². The summed E-state index contributed by atoms with van der Waals surface area (Å²) in [5.74, 6) is 0.223. The molecule has 0 aromatic heterocycles. The van der Waals surface area contributed by atoms with Gasteiger partial charge in [0, 0.05) is 19.6 Å². The summed E-state index contributed by atoms with van der Waals surface area (Å²) in [6.45, 7) is 3.88. The lowest BCUT2D eigenvalue weighted by Gasteiger charge is -2.21. The van der Waals surface area contributed by atoms with E-state index < -0.39 is 0 Å². The molecular weight excluding hydrogens is 316 g/mol. The quantitative estimate of drug-likeness (QED) is 0.241. The summed E-state index contributed by atoms with van der Waals surface area (Å²) in [7, 11) is 1.64. The average molecular weight is 344 g/mol. The minimum atomic E-state index is -0.377. The van der Waals surface area contributed by atoms with E-state index in [9.17, 15) is 0 Å². The van der Waals surface area contributed by atoms with E-state index in [1.807, 2.05) is 48.5 Å². The molecule has 2 unspecified atom stereocenters. The maximum Gasteiger partial charge on any atom is 0.193 e. The van der Waals surface area contributed by atoms with Crippen LogP contribution in [0.3, 0.4) is 0 Å². The van der Waals surface area contributed by atoms with Crippen LogP contribution in [0.5, 0.6) is 0 Å². The van der Waals surface area contributed by atoms with E-state index in [1.54, 1.807) is 7.11 Å². The van der Waals surface area contributed by atoms with Crippen molar-refractivity contribution in [3.63, 3.8) is 0 Å². The van der Waals surface area contributed by atoms with Crippen LogP contribution in [0.1, 0.15) is 30.9 Å². The molecule has 0 saturated heterocycles. The topological polar surface area (TPSA) is 36.9 Å². The van der Waals surface area contributed by atoms with Gasteiger partial charge < -0.3 is 9.47 Å². The lowest BCUT2D eigenvalue weighted by molar-refractivity contribution is -0.392. The zero-order valence-corrected chi connectivity index (χ0v) is 15.1. The zero-order chi connectivity index (χ0) is 17.7. The van der Waals surface area contributed by atoms with E-state index in [4.69, 9.17) is 19.2 Å². The van der Waals surface area contributed by atoms with Crippen LogP contribution in [-0.2, 0) is 32.5 Å². The Morgan fingerprint density at radius 3 is 2.04 bits per heavy atom. The highest BCUT2D eigenvalue weighted by Gasteiger charge is 2.18. The monoisotopic (exact) mass is 344 g/mol. The number of hydrogen-bond acceptors (Lipinski definition) is 4. The van der Waals surface area contributed by atoms with Gasteiger partial charge in [-0.15, -0.1) is 0 Å². The van der Waals surface area contributed by atoms with Gasteiger partial charge in [-0.25, -0.2) is 9.78 Å². The molecule has 0 spiro atoms. The van der Waals surface area contributed by atoms with Crippen molar-refractivity contribution < 1.29 is 19.2 Å². The van der Waals surface area contributed by atoms with Crippen LogP contribution in [0.2, 0.25) is 0 Å². The fraction of sp³-hybridized carbons (Fsp3) is 0.429. The van der Waals surface area contributed by atoms with Gasteiger partial charge in [-0.3, -0.25) is 0 Å². The van der Waals surface area contributed by atoms with Crippen LogP contribution in [0.4, 0.5) is 0 Å². The van der Waals surface area contributed by atoms with Crippen LogP contribution < -0.4 is 0 Å². The fourth-order valence-corrected chi connectivity index (χ4v) is 2.52. The Balaban J connectivity index is 1.58. The summed E-state index contributed by atoms with van der Waals surface area (Å²) in [6, 6.07) is 20.1. The maximum atomic E-state index is 5.71. The van der Waals surface area contributed by atoms with Crippen LogP contribution in [-0.4, -0.2) is 20.0 Å². The second-order valence-corrected chi connectivity index (χ2v) is 6.11. The summed E-state index contributed by atoms with van der Waals surface area (Å²) >= 11 is 0. The first-order chi connectivity index (χ1) is 12.3. The fourth-order valence-electron chi connectivity index (χ4n) is 2.52. The Morgan fingerprint density at radius 2 is 1.44 bits per heavy atom. The lowest BCUT2D eigenvalue weighted by Crippen LogP contribution is -2.24. The van der Waals surface area contributed by atoms with Gasteiger partial charge in [0.2, 0.25) is 0 Å². The van der Waals surface area contributed by atoms with E-state index >= 15 is 0 Å². The van der Waals surface area contributed by atoms with Gasteiger partial charge in [0.1, 0.15) is 6.61 Å². The molecule has 0 N–H and O–H groups in total. The zero-order valence-electron chi connectivity index (χ0n) is 15.1. The van der Waals surface area contributed by atoms with Crippen molar-refractivity contribution in [1.29, 1.82) is 0 Å². The number of rotatable bonds is 12. The third kappa shape index (κ3) is 7.80. The highest BCUT2D eigenvalue weighted by molar-refractivity contribution is 5.13. The minimum Gasteiger partial charge on any atom is -0.377 e. The van der Waals surface area contributed by atoms with Gasteiger partial charge in [0.05, 0.1) is 6.61 Å². The molecule has 0 bridgehead atoms.